The van der Waals surface area contributed by atoms with Crippen molar-refractivity contribution in [2.75, 3.05) is 7.11 Å². The SMILES string of the molecule is COC(=O)C[C@H]1C=C[C@@H](O[Si](C)(C)C(C)(C)C)CC(O[Si](C)(C)C(C)(C)C)=C1. The van der Waals surface area contributed by atoms with Gasteiger partial charge in [0.1, 0.15) is 0 Å². The first-order valence-corrected chi connectivity index (χ1v) is 16.1. The minimum atomic E-state index is -1.97. The summed E-state index contributed by atoms with van der Waals surface area (Å²) in [6, 6.07) is 0. The van der Waals surface area contributed by atoms with Gasteiger partial charge in [0.15, 0.2) is 8.32 Å². The van der Waals surface area contributed by atoms with Crippen LogP contribution in [0.25, 0.3) is 0 Å². The van der Waals surface area contributed by atoms with Crippen LogP contribution in [0.5, 0.6) is 0 Å². The molecular formula is C22H42O4Si2. The molecule has 0 saturated carbocycles. The Balaban J connectivity index is 3.14. The molecule has 1 aliphatic rings. The molecule has 0 aromatic rings. The largest absolute Gasteiger partial charge is 0.547 e. The van der Waals surface area contributed by atoms with Gasteiger partial charge in [-0.15, -0.1) is 0 Å². The maximum absolute atomic E-state index is 11.8. The summed E-state index contributed by atoms with van der Waals surface area (Å²) in [5.74, 6) is 0.718. The second-order valence-corrected chi connectivity index (χ2v) is 20.4. The molecule has 0 aromatic carbocycles. The molecule has 0 saturated heterocycles. The second-order valence-electron chi connectivity index (χ2n) is 10.9. The van der Waals surface area contributed by atoms with Crippen LogP contribution in [0.1, 0.15) is 54.4 Å². The number of allylic oxidation sites excluding steroid dienone is 2. The number of methoxy groups -OCH3 is 1. The van der Waals surface area contributed by atoms with Gasteiger partial charge in [-0.1, -0.05) is 53.7 Å². The van der Waals surface area contributed by atoms with Gasteiger partial charge in [-0.05, 0) is 42.3 Å². The van der Waals surface area contributed by atoms with Gasteiger partial charge in [0.25, 0.3) is 0 Å². The summed E-state index contributed by atoms with van der Waals surface area (Å²) in [5, 5.41) is 0.254. The Bertz CT molecular complexity index is 607. The van der Waals surface area contributed by atoms with Crippen molar-refractivity contribution >= 4 is 22.6 Å². The molecule has 0 spiro atoms. The van der Waals surface area contributed by atoms with E-state index in [2.05, 4.69) is 86.0 Å². The second kappa shape index (κ2) is 8.88. The number of hydrogen-bond acceptors (Lipinski definition) is 4. The molecule has 6 heteroatoms. The minimum absolute atomic E-state index is 0.0276. The van der Waals surface area contributed by atoms with E-state index in [-0.39, 0.29) is 28.1 Å². The van der Waals surface area contributed by atoms with Gasteiger partial charge < -0.3 is 13.6 Å². The van der Waals surface area contributed by atoms with Crippen molar-refractivity contribution in [2.24, 2.45) is 5.92 Å². The normalized spacial score (nSPS) is 21.8. The van der Waals surface area contributed by atoms with Gasteiger partial charge in [-0.25, -0.2) is 0 Å². The van der Waals surface area contributed by atoms with Crippen LogP contribution in [0.15, 0.2) is 24.0 Å². The number of esters is 1. The third-order valence-corrected chi connectivity index (χ3v) is 15.3. The van der Waals surface area contributed by atoms with Crippen LogP contribution in [-0.2, 0) is 18.4 Å². The highest BCUT2D eigenvalue weighted by Gasteiger charge is 2.41. The van der Waals surface area contributed by atoms with E-state index in [1.165, 1.54) is 7.11 Å². The Morgan fingerprint density at radius 3 is 2.00 bits per heavy atom. The summed E-state index contributed by atoms with van der Waals surface area (Å²) in [7, 11) is -2.46. The molecule has 1 rings (SSSR count). The smallest absolute Gasteiger partial charge is 0.306 e. The van der Waals surface area contributed by atoms with E-state index in [1.54, 1.807) is 0 Å². The predicted molar refractivity (Wildman–Crippen MR) is 122 cm³/mol. The minimum Gasteiger partial charge on any atom is -0.547 e. The van der Waals surface area contributed by atoms with Crippen LogP contribution in [0, 0.1) is 5.92 Å². The lowest BCUT2D eigenvalue weighted by Gasteiger charge is -2.40. The fraction of sp³-hybridized carbons (Fsp3) is 0.773. The van der Waals surface area contributed by atoms with Crippen LogP contribution >= 0.6 is 0 Å². The molecule has 2 atom stereocenters. The zero-order valence-electron chi connectivity index (χ0n) is 19.9. The van der Waals surface area contributed by atoms with Crippen LogP contribution in [-0.4, -0.2) is 35.8 Å². The predicted octanol–water partition coefficient (Wildman–Crippen LogP) is 6.42. The number of carbonyl (C=O) groups excluding carboxylic acids is 1. The van der Waals surface area contributed by atoms with E-state index in [1.807, 2.05) is 0 Å². The molecule has 0 unspecified atom stereocenters. The first-order valence-electron chi connectivity index (χ1n) is 10.3. The highest BCUT2D eigenvalue weighted by atomic mass is 28.4. The molecule has 1 aliphatic carbocycles. The van der Waals surface area contributed by atoms with Gasteiger partial charge in [0.05, 0.1) is 25.4 Å². The van der Waals surface area contributed by atoms with Gasteiger partial charge in [-0.3, -0.25) is 4.79 Å². The quantitative estimate of drug-likeness (QED) is 0.279. The van der Waals surface area contributed by atoms with Crippen LogP contribution in [0.3, 0.4) is 0 Å². The first kappa shape index (κ1) is 25.2. The molecule has 0 heterocycles. The number of carbonyl (C=O) groups is 1. The Labute approximate surface area is 175 Å². The summed E-state index contributed by atoms with van der Waals surface area (Å²) in [4.78, 5) is 11.8. The van der Waals surface area contributed by atoms with Crippen molar-refractivity contribution < 1.29 is 18.4 Å². The lowest BCUT2D eigenvalue weighted by Crippen LogP contribution is -2.44. The molecule has 162 valence electrons. The van der Waals surface area contributed by atoms with Crippen molar-refractivity contribution in [3.05, 3.63) is 24.0 Å². The van der Waals surface area contributed by atoms with E-state index < -0.39 is 16.6 Å². The standard InChI is InChI=1S/C22H42O4Si2/c1-21(2,3)27(8,9)25-18-13-12-17(15-20(23)24-7)14-19(16-18)26-28(10,11)22(4,5)6/h12-14,17-18H,15-16H2,1-11H3/t17-,18+/m0/s1. The fourth-order valence-electron chi connectivity index (χ4n) is 2.49. The summed E-state index contributed by atoms with van der Waals surface area (Å²) in [6.45, 7) is 22.5. The van der Waals surface area contributed by atoms with Crippen LogP contribution in [0.4, 0.5) is 0 Å². The summed E-state index contributed by atoms with van der Waals surface area (Å²) in [5.41, 5.74) is 0. The van der Waals surface area contributed by atoms with Gasteiger partial charge in [0.2, 0.25) is 8.32 Å². The fourth-order valence-corrected chi connectivity index (χ4v) is 4.88. The maximum atomic E-state index is 11.8. The zero-order chi connectivity index (χ0) is 22.0. The Hall–Kier alpha value is -0.856. The molecule has 0 aliphatic heterocycles. The van der Waals surface area contributed by atoms with Crippen molar-refractivity contribution in [3.8, 4) is 0 Å². The summed E-state index contributed by atoms with van der Waals surface area (Å²) < 4.78 is 18.2. The van der Waals surface area contributed by atoms with Crippen molar-refractivity contribution in [3.63, 3.8) is 0 Å². The average Bonchev–Trinajstić information content (AvgIpc) is 2.65. The third-order valence-electron chi connectivity index (χ3n) is 6.45. The Kier molecular flexibility index (Phi) is 7.99. The van der Waals surface area contributed by atoms with Gasteiger partial charge in [-0.2, -0.15) is 0 Å². The summed E-state index contributed by atoms with van der Waals surface area (Å²) >= 11 is 0. The summed E-state index contributed by atoms with van der Waals surface area (Å²) in [6.07, 6.45) is 7.31. The van der Waals surface area contributed by atoms with Crippen molar-refractivity contribution in [1.29, 1.82) is 0 Å². The highest BCUT2D eigenvalue weighted by molar-refractivity contribution is 6.74. The molecule has 0 fully saturated rings. The highest BCUT2D eigenvalue weighted by Crippen LogP contribution is 2.41. The Morgan fingerprint density at radius 2 is 1.54 bits per heavy atom. The van der Waals surface area contributed by atoms with E-state index in [9.17, 15) is 4.79 Å². The number of ether oxygens (including phenoxy) is 1. The van der Waals surface area contributed by atoms with E-state index in [0.717, 1.165) is 5.76 Å². The molecule has 0 aromatic heterocycles. The topological polar surface area (TPSA) is 44.8 Å². The molecule has 4 nitrogen and oxygen atoms in total. The molecule has 0 N–H and O–H groups in total. The molecular weight excluding hydrogens is 384 g/mol. The third kappa shape index (κ3) is 6.88. The molecule has 0 amide bonds. The lowest BCUT2D eigenvalue weighted by molar-refractivity contribution is -0.141. The van der Waals surface area contributed by atoms with E-state index in [0.29, 0.717) is 12.8 Å². The monoisotopic (exact) mass is 426 g/mol. The van der Waals surface area contributed by atoms with Crippen LogP contribution < -0.4 is 0 Å². The maximum Gasteiger partial charge on any atom is 0.306 e. The van der Waals surface area contributed by atoms with Gasteiger partial charge in [0, 0.05) is 12.3 Å². The molecule has 0 bridgehead atoms. The molecule has 0 radical (unpaired) electrons. The lowest BCUT2D eigenvalue weighted by atomic mass is 10.1. The Morgan fingerprint density at radius 1 is 1.00 bits per heavy atom. The zero-order valence-corrected chi connectivity index (χ0v) is 21.9. The van der Waals surface area contributed by atoms with Gasteiger partial charge >= 0.3 is 5.97 Å². The van der Waals surface area contributed by atoms with E-state index >= 15 is 0 Å². The molecule has 28 heavy (non-hydrogen) atoms. The van der Waals surface area contributed by atoms with Crippen molar-refractivity contribution in [1.82, 2.24) is 0 Å². The number of hydrogen-bond donors (Lipinski definition) is 0. The number of rotatable bonds is 6. The van der Waals surface area contributed by atoms with E-state index in [4.69, 9.17) is 13.6 Å². The average molecular weight is 427 g/mol. The first-order chi connectivity index (χ1) is 12.5. The van der Waals surface area contributed by atoms with Crippen molar-refractivity contribution in [2.45, 2.75) is 96.8 Å². The van der Waals surface area contributed by atoms with Crippen LogP contribution in [0.2, 0.25) is 36.3 Å².